The van der Waals surface area contributed by atoms with Crippen molar-refractivity contribution in [3.8, 4) is 22.2 Å². The highest BCUT2D eigenvalue weighted by atomic mass is 32.1. The Morgan fingerprint density at radius 1 is 1.12 bits per heavy atom. The molecule has 2 heterocycles. The average molecular weight is 372 g/mol. The maximum absolute atomic E-state index is 12.8. The Labute approximate surface area is 144 Å². The van der Waals surface area contributed by atoms with E-state index in [-0.39, 0.29) is 12.5 Å². The van der Waals surface area contributed by atoms with Crippen LogP contribution in [-0.4, -0.2) is 29.2 Å². The van der Waals surface area contributed by atoms with E-state index in [0.29, 0.717) is 17.0 Å². The summed E-state index contributed by atoms with van der Waals surface area (Å²) >= 11 is 1.45. The van der Waals surface area contributed by atoms with Gasteiger partial charge >= 0.3 is 12.3 Å². The molecule has 0 unspecified atom stereocenters. The van der Waals surface area contributed by atoms with Crippen molar-refractivity contribution >= 4 is 11.3 Å². The van der Waals surface area contributed by atoms with Gasteiger partial charge in [0, 0.05) is 5.56 Å². The molecule has 0 fully saturated rings. The van der Waals surface area contributed by atoms with E-state index in [1.807, 2.05) is 17.5 Å². The highest BCUT2D eigenvalue weighted by molar-refractivity contribution is 7.13. The standard InChI is InChI=1S/C16H12F4N2O2S/c17-15(18)16(19,20)9-23-8-10-3-1-4-11(7-10)13-21-22-14(24-13)12-5-2-6-25-12/h1-7,15H,8-9H2. The van der Waals surface area contributed by atoms with E-state index in [0.717, 1.165) is 4.88 Å². The van der Waals surface area contributed by atoms with Crippen molar-refractivity contribution in [1.29, 1.82) is 0 Å². The first-order valence-corrected chi connectivity index (χ1v) is 8.04. The summed E-state index contributed by atoms with van der Waals surface area (Å²) in [6, 6.07) is 10.3. The van der Waals surface area contributed by atoms with E-state index in [9.17, 15) is 17.6 Å². The van der Waals surface area contributed by atoms with Crippen LogP contribution in [0.3, 0.4) is 0 Å². The first kappa shape index (κ1) is 17.6. The molecule has 3 rings (SSSR count). The fraction of sp³-hybridized carbons (Fsp3) is 0.250. The van der Waals surface area contributed by atoms with Gasteiger partial charge in [0.1, 0.15) is 6.61 Å². The van der Waals surface area contributed by atoms with Crippen LogP contribution in [-0.2, 0) is 11.3 Å². The molecule has 0 aliphatic heterocycles. The molecule has 0 aliphatic rings. The predicted octanol–water partition coefficient (Wildman–Crippen LogP) is 4.88. The van der Waals surface area contributed by atoms with Crippen LogP contribution in [0.25, 0.3) is 22.2 Å². The normalized spacial score (nSPS) is 12.0. The van der Waals surface area contributed by atoms with Crippen LogP contribution in [0, 0.1) is 0 Å². The molecule has 0 bridgehead atoms. The molecule has 0 saturated heterocycles. The summed E-state index contributed by atoms with van der Waals surface area (Å²) in [5.41, 5.74) is 1.11. The zero-order valence-corrected chi connectivity index (χ0v) is 13.5. The number of ether oxygens (including phenoxy) is 1. The lowest BCUT2D eigenvalue weighted by Gasteiger charge is -2.15. The Kier molecular flexibility index (Phi) is 5.14. The predicted molar refractivity (Wildman–Crippen MR) is 83.7 cm³/mol. The molecule has 2 aromatic heterocycles. The number of hydrogen-bond acceptors (Lipinski definition) is 5. The minimum atomic E-state index is -4.17. The summed E-state index contributed by atoms with van der Waals surface area (Å²) in [7, 11) is 0. The first-order valence-electron chi connectivity index (χ1n) is 7.16. The largest absolute Gasteiger partial charge is 0.415 e. The third-order valence-electron chi connectivity index (χ3n) is 3.21. The van der Waals surface area contributed by atoms with Gasteiger partial charge in [0.15, 0.2) is 0 Å². The lowest BCUT2D eigenvalue weighted by Crippen LogP contribution is -2.32. The van der Waals surface area contributed by atoms with Gasteiger partial charge in [-0.1, -0.05) is 18.2 Å². The van der Waals surface area contributed by atoms with Crippen LogP contribution in [0.2, 0.25) is 0 Å². The highest BCUT2D eigenvalue weighted by Gasteiger charge is 2.40. The Hall–Kier alpha value is -2.26. The molecule has 3 aromatic rings. The minimum absolute atomic E-state index is 0.234. The van der Waals surface area contributed by atoms with E-state index in [2.05, 4.69) is 10.2 Å². The van der Waals surface area contributed by atoms with Gasteiger partial charge in [-0.15, -0.1) is 21.5 Å². The fourth-order valence-corrected chi connectivity index (χ4v) is 2.65. The zero-order valence-electron chi connectivity index (χ0n) is 12.7. The lowest BCUT2D eigenvalue weighted by atomic mass is 10.1. The second-order valence-electron chi connectivity index (χ2n) is 5.14. The maximum Gasteiger partial charge on any atom is 0.330 e. The SMILES string of the molecule is FC(F)C(F)(F)COCc1cccc(-c2nnc(-c3cccs3)o2)c1. The molecule has 0 spiro atoms. The van der Waals surface area contributed by atoms with Gasteiger partial charge < -0.3 is 9.15 Å². The fourth-order valence-electron chi connectivity index (χ4n) is 2.00. The second-order valence-corrected chi connectivity index (χ2v) is 6.09. The van der Waals surface area contributed by atoms with Crippen LogP contribution >= 0.6 is 11.3 Å². The van der Waals surface area contributed by atoms with Crippen LogP contribution in [0.15, 0.2) is 46.2 Å². The second kappa shape index (κ2) is 7.32. The zero-order chi connectivity index (χ0) is 17.9. The van der Waals surface area contributed by atoms with Crippen molar-refractivity contribution in [2.75, 3.05) is 6.61 Å². The molecule has 0 amide bonds. The topological polar surface area (TPSA) is 48.2 Å². The molecule has 9 heteroatoms. The molecule has 25 heavy (non-hydrogen) atoms. The molecule has 1 aromatic carbocycles. The molecule has 132 valence electrons. The van der Waals surface area contributed by atoms with Crippen molar-refractivity contribution in [2.45, 2.75) is 19.0 Å². The van der Waals surface area contributed by atoms with Crippen molar-refractivity contribution < 1.29 is 26.7 Å². The third kappa shape index (κ3) is 4.23. The third-order valence-corrected chi connectivity index (χ3v) is 4.07. The molecule has 0 aliphatic carbocycles. The van der Waals surface area contributed by atoms with Crippen molar-refractivity contribution in [3.63, 3.8) is 0 Å². The first-order chi connectivity index (χ1) is 12.0. The summed E-state index contributed by atoms with van der Waals surface area (Å²) in [4.78, 5) is 0.826. The Morgan fingerprint density at radius 2 is 1.92 bits per heavy atom. The van der Waals surface area contributed by atoms with Gasteiger partial charge in [-0.25, -0.2) is 8.78 Å². The maximum atomic E-state index is 12.8. The molecule has 0 atom stereocenters. The molecular formula is C16H12F4N2O2S. The summed E-state index contributed by atoms with van der Waals surface area (Å²) in [5, 5.41) is 9.80. The summed E-state index contributed by atoms with van der Waals surface area (Å²) in [6.07, 6.45) is -3.76. The van der Waals surface area contributed by atoms with E-state index in [4.69, 9.17) is 9.15 Å². The summed E-state index contributed by atoms with van der Waals surface area (Å²) in [5.74, 6) is -3.52. The number of hydrogen-bond donors (Lipinski definition) is 0. The number of alkyl halides is 4. The van der Waals surface area contributed by atoms with Crippen LogP contribution < -0.4 is 0 Å². The van der Waals surface area contributed by atoms with Gasteiger partial charge in [-0.2, -0.15) is 8.78 Å². The van der Waals surface area contributed by atoms with Crippen LogP contribution in [0.5, 0.6) is 0 Å². The Balaban J connectivity index is 1.68. The van der Waals surface area contributed by atoms with Gasteiger partial charge in [0.2, 0.25) is 5.89 Å². The van der Waals surface area contributed by atoms with Crippen LogP contribution in [0.1, 0.15) is 5.56 Å². The van der Waals surface area contributed by atoms with Gasteiger partial charge in [-0.3, -0.25) is 0 Å². The quantitative estimate of drug-likeness (QED) is 0.555. The number of thiophene rings is 1. The Morgan fingerprint density at radius 3 is 2.64 bits per heavy atom. The average Bonchev–Trinajstić information content (AvgIpc) is 3.26. The van der Waals surface area contributed by atoms with Crippen molar-refractivity contribution in [2.24, 2.45) is 0 Å². The van der Waals surface area contributed by atoms with E-state index < -0.39 is 19.0 Å². The number of aromatic nitrogens is 2. The highest BCUT2D eigenvalue weighted by Crippen LogP contribution is 2.28. The van der Waals surface area contributed by atoms with Crippen molar-refractivity contribution in [1.82, 2.24) is 10.2 Å². The van der Waals surface area contributed by atoms with Crippen molar-refractivity contribution in [3.05, 3.63) is 47.3 Å². The number of rotatable bonds is 7. The van der Waals surface area contributed by atoms with E-state index in [1.165, 1.54) is 11.3 Å². The molecule has 4 nitrogen and oxygen atoms in total. The smallest absolute Gasteiger partial charge is 0.330 e. The number of halogens is 4. The molecule has 0 N–H and O–H groups in total. The molecule has 0 radical (unpaired) electrons. The number of benzene rings is 1. The molecule has 0 saturated carbocycles. The number of nitrogens with zero attached hydrogens (tertiary/aromatic N) is 2. The summed E-state index contributed by atoms with van der Waals surface area (Å²) < 4.78 is 60.1. The minimum Gasteiger partial charge on any atom is -0.415 e. The Bertz CT molecular complexity index is 821. The van der Waals surface area contributed by atoms with E-state index in [1.54, 1.807) is 24.3 Å². The van der Waals surface area contributed by atoms with Gasteiger partial charge in [0.05, 0.1) is 11.5 Å². The van der Waals surface area contributed by atoms with Gasteiger partial charge in [-0.05, 0) is 29.1 Å². The lowest BCUT2D eigenvalue weighted by molar-refractivity contribution is -0.168. The van der Waals surface area contributed by atoms with E-state index >= 15 is 0 Å². The summed E-state index contributed by atoms with van der Waals surface area (Å²) in [6.45, 7) is -1.58. The van der Waals surface area contributed by atoms with Crippen LogP contribution in [0.4, 0.5) is 17.6 Å². The monoisotopic (exact) mass is 372 g/mol. The molecular weight excluding hydrogens is 360 g/mol. The van der Waals surface area contributed by atoms with Gasteiger partial charge in [0.25, 0.3) is 5.89 Å².